The predicted octanol–water partition coefficient (Wildman–Crippen LogP) is 6.39. The summed E-state index contributed by atoms with van der Waals surface area (Å²) in [5.74, 6) is 2.02. The number of imide groups is 1. The van der Waals surface area contributed by atoms with Crippen LogP contribution >= 0.6 is 34.4 Å². The topological polar surface area (TPSA) is 74.3 Å². The molecule has 3 aromatic carbocycles. The summed E-state index contributed by atoms with van der Waals surface area (Å²) in [6, 6.07) is 20.9. The highest BCUT2D eigenvalue weighted by molar-refractivity contribution is 14.1. The highest BCUT2D eigenvalue weighted by Crippen LogP contribution is 2.38. The molecule has 192 valence electrons. The molecule has 0 aliphatic carbocycles. The average molecular weight is 631 g/mol. The zero-order valence-corrected chi connectivity index (χ0v) is 23.4. The predicted molar refractivity (Wildman–Crippen MR) is 152 cm³/mol. The Balaban J connectivity index is 1.46. The first-order chi connectivity index (χ1) is 18.0. The Hall–Kier alpha value is -3.18. The van der Waals surface area contributed by atoms with Crippen LogP contribution in [0.15, 0.2) is 71.6 Å². The minimum absolute atomic E-state index is 0.133. The van der Waals surface area contributed by atoms with Crippen LogP contribution in [0.1, 0.15) is 18.1 Å². The quantitative estimate of drug-likeness (QED) is 0.179. The van der Waals surface area contributed by atoms with Crippen LogP contribution in [0.5, 0.6) is 23.0 Å². The maximum Gasteiger partial charge on any atom is 0.293 e. The van der Waals surface area contributed by atoms with Gasteiger partial charge in [-0.1, -0.05) is 42.5 Å². The van der Waals surface area contributed by atoms with Crippen LogP contribution in [-0.2, 0) is 11.4 Å². The lowest BCUT2D eigenvalue weighted by atomic mass is 10.1. The third-order valence-corrected chi connectivity index (χ3v) is 7.08. The number of carbonyl (C=O) groups excluding carboxylic acids is 2. The van der Waals surface area contributed by atoms with Crippen LogP contribution in [0.3, 0.4) is 0 Å². The van der Waals surface area contributed by atoms with Gasteiger partial charge in [0.25, 0.3) is 11.1 Å². The van der Waals surface area contributed by atoms with Crippen molar-refractivity contribution in [3.8, 4) is 23.0 Å². The van der Waals surface area contributed by atoms with Crippen molar-refractivity contribution in [2.24, 2.45) is 0 Å². The van der Waals surface area contributed by atoms with Crippen molar-refractivity contribution in [1.82, 2.24) is 4.90 Å². The SMILES string of the molecule is CCOc1cc(/C=C2\SC(=O)N(CCOc3ccccc3OC)C2=O)cc(I)c1OCc1ccccc1. The second-order valence-corrected chi connectivity index (χ2v) is 10.0. The van der Waals surface area contributed by atoms with Crippen molar-refractivity contribution in [3.63, 3.8) is 0 Å². The van der Waals surface area contributed by atoms with Gasteiger partial charge in [-0.05, 0) is 82.7 Å². The number of benzene rings is 3. The van der Waals surface area contributed by atoms with Crippen LogP contribution in [0, 0.1) is 3.57 Å². The first-order valence-corrected chi connectivity index (χ1v) is 13.5. The fourth-order valence-corrected chi connectivity index (χ4v) is 5.28. The Labute approximate surface area is 233 Å². The average Bonchev–Trinajstić information content (AvgIpc) is 3.16. The molecule has 0 spiro atoms. The van der Waals surface area contributed by atoms with Crippen molar-refractivity contribution in [3.05, 3.63) is 86.3 Å². The zero-order valence-electron chi connectivity index (χ0n) is 20.4. The van der Waals surface area contributed by atoms with Gasteiger partial charge in [-0.15, -0.1) is 0 Å². The van der Waals surface area contributed by atoms with Gasteiger partial charge in [-0.2, -0.15) is 0 Å². The van der Waals surface area contributed by atoms with E-state index in [2.05, 4.69) is 22.6 Å². The van der Waals surface area contributed by atoms with E-state index in [0.717, 1.165) is 26.5 Å². The molecule has 0 saturated carbocycles. The van der Waals surface area contributed by atoms with E-state index < -0.39 is 0 Å². The fourth-order valence-electron chi connectivity index (χ4n) is 3.63. The maximum absolute atomic E-state index is 13.0. The lowest BCUT2D eigenvalue weighted by Crippen LogP contribution is -2.32. The molecule has 1 saturated heterocycles. The molecule has 4 rings (SSSR count). The summed E-state index contributed by atoms with van der Waals surface area (Å²) < 4.78 is 23.8. The van der Waals surface area contributed by atoms with E-state index in [-0.39, 0.29) is 24.3 Å². The van der Waals surface area contributed by atoms with Crippen LogP contribution < -0.4 is 18.9 Å². The number of rotatable bonds is 11. The van der Waals surface area contributed by atoms with Crippen LogP contribution in [0.2, 0.25) is 0 Å². The first kappa shape index (κ1) is 26.9. The summed E-state index contributed by atoms with van der Waals surface area (Å²) in [7, 11) is 1.56. The molecule has 2 amide bonds. The van der Waals surface area contributed by atoms with Crippen molar-refractivity contribution in [2.45, 2.75) is 13.5 Å². The molecular formula is C28H26INO6S. The van der Waals surface area contributed by atoms with Crippen LogP contribution in [0.25, 0.3) is 6.08 Å². The molecule has 9 heteroatoms. The van der Waals surface area contributed by atoms with Crippen LogP contribution in [0.4, 0.5) is 4.79 Å². The molecule has 0 radical (unpaired) electrons. The molecule has 1 aliphatic heterocycles. The Bertz CT molecular complexity index is 1300. The normalized spacial score (nSPS) is 14.2. The number of ether oxygens (including phenoxy) is 4. The number of para-hydroxylation sites is 2. The maximum atomic E-state index is 13.0. The zero-order chi connectivity index (χ0) is 26.2. The number of nitrogens with zero attached hydrogens (tertiary/aromatic N) is 1. The molecule has 0 N–H and O–H groups in total. The first-order valence-electron chi connectivity index (χ1n) is 11.6. The summed E-state index contributed by atoms with van der Waals surface area (Å²) in [5.41, 5.74) is 1.80. The fraction of sp³-hybridized carbons (Fsp3) is 0.214. The van der Waals surface area contributed by atoms with E-state index in [4.69, 9.17) is 18.9 Å². The monoisotopic (exact) mass is 631 g/mol. The molecule has 37 heavy (non-hydrogen) atoms. The molecule has 0 atom stereocenters. The largest absolute Gasteiger partial charge is 0.493 e. The van der Waals surface area contributed by atoms with Gasteiger partial charge in [0.2, 0.25) is 0 Å². The molecule has 1 heterocycles. The van der Waals surface area contributed by atoms with Gasteiger partial charge in [0.1, 0.15) is 13.2 Å². The minimum atomic E-state index is -0.351. The number of hydrogen-bond donors (Lipinski definition) is 0. The third-order valence-electron chi connectivity index (χ3n) is 5.37. The van der Waals surface area contributed by atoms with E-state index in [1.807, 2.05) is 61.5 Å². The second kappa shape index (κ2) is 12.9. The van der Waals surface area contributed by atoms with Crippen molar-refractivity contribution < 1.29 is 28.5 Å². The van der Waals surface area contributed by atoms with E-state index in [1.165, 1.54) is 4.90 Å². The van der Waals surface area contributed by atoms with E-state index >= 15 is 0 Å². The van der Waals surface area contributed by atoms with E-state index in [0.29, 0.717) is 41.1 Å². The second-order valence-electron chi connectivity index (χ2n) is 7.87. The van der Waals surface area contributed by atoms with Gasteiger partial charge in [-0.25, -0.2) is 0 Å². The third kappa shape index (κ3) is 6.78. The number of methoxy groups -OCH3 is 1. The molecule has 0 aromatic heterocycles. The van der Waals surface area contributed by atoms with Gasteiger partial charge in [-0.3, -0.25) is 14.5 Å². The lowest BCUT2D eigenvalue weighted by molar-refractivity contribution is -0.123. The molecule has 3 aromatic rings. The van der Waals surface area contributed by atoms with Crippen LogP contribution in [-0.4, -0.2) is 42.9 Å². The Morgan fingerprint density at radius 3 is 2.38 bits per heavy atom. The van der Waals surface area contributed by atoms with Crippen molar-refractivity contribution in [2.75, 3.05) is 26.9 Å². The van der Waals surface area contributed by atoms with Crippen molar-refractivity contribution >= 4 is 51.6 Å². The molecular weight excluding hydrogens is 605 g/mol. The van der Waals surface area contributed by atoms with E-state index in [9.17, 15) is 9.59 Å². The Morgan fingerprint density at radius 2 is 1.65 bits per heavy atom. The number of hydrogen-bond acceptors (Lipinski definition) is 7. The Kier molecular flexibility index (Phi) is 9.34. The number of halogens is 1. The molecule has 0 bridgehead atoms. The number of amides is 2. The number of thioether (sulfide) groups is 1. The highest BCUT2D eigenvalue weighted by Gasteiger charge is 2.35. The van der Waals surface area contributed by atoms with Gasteiger partial charge < -0.3 is 18.9 Å². The van der Waals surface area contributed by atoms with E-state index in [1.54, 1.807) is 25.3 Å². The lowest BCUT2D eigenvalue weighted by Gasteiger charge is -2.15. The summed E-state index contributed by atoms with van der Waals surface area (Å²) in [6.07, 6.45) is 1.71. The Morgan fingerprint density at radius 1 is 0.919 bits per heavy atom. The summed E-state index contributed by atoms with van der Waals surface area (Å²) in [4.78, 5) is 27.1. The minimum Gasteiger partial charge on any atom is -0.493 e. The molecule has 1 fully saturated rings. The molecule has 7 nitrogen and oxygen atoms in total. The van der Waals surface area contributed by atoms with Gasteiger partial charge in [0.05, 0.1) is 28.7 Å². The standard InChI is InChI=1S/C28H26INO6S/c1-3-34-24-16-20(15-21(29)26(24)36-18-19-9-5-4-6-10-19)17-25-27(31)30(28(32)37-25)13-14-35-23-12-8-7-11-22(23)33-2/h4-12,15-17H,3,13-14,18H2,1-2H3/b25-17-. The highest BCUT2D eigenvalue weighted by atomic mass is 127. The summed E-state index contributed by atoms with van der Waals surface area (Å²) >= 11 is 3.10. The van der Waals surface area contributed by atoms with Gasteiger partial charge in [0.15, 0.2) is 23.0 Å². The summed E-state index contributed by atoms with van der Waals surface area (Å²) in [5, 5.41) is -0.331. The van der Waals surface area contributed by atoms with Crippen molar-refractivity contribution in [1.29, 1.82) is 0 Å². The smallest absolute Gasteiger partial charge is 0.293 e. The number of carbonyl (C=O) groups is 2. The molecule has 0 unspecified atom stereocenters. The van der Waals surface area contributed by atoms with Gasteiger partial charge >= 0.3 is 0 Å². The summed E-state index contributed by atoms with van der Waals surface area (Å²) in [6.45, 7) is 3.06. The molecule has 1 aliphatic rings. The van der Waals surface area contributed by atoms with Gasteiger partial charge in [0, 0.05) is 0 Å².